The number of carboxylic acid groups (broad SMARTS) is 1. The summed E-state index contributed by atoms with van der Waals surface area (Å²) in [4.78, 5) is 13.4. The van der Waals surface area contributed by atoms with Crippen molar-refractivity contribution in [2.75, 3.05) is 19.3 Å². The molecule has 4 heteroatoms. The van der Waals surface area contributed by atoms with Crippen molar-refractivity contribution >= 4 is 17.9 Å². The molecule has 1 N–H and O–H groups in total. The number of amides is 1. The molecule has 0 bridgehead atoms. The average Bonchev–Trinajstić information content (AvgIpc) is 2.35. The number of carbonyl (C=O) groups is 1. The van der Waals surface area contributed by atoms with Crippen LogP contribution in [0.3, 0.4) is 0 Å². The van der Waals surface area contributed by atoms with E-state index in [-0.39, 0.29) is 0 Å². The van der Waals surface area contributed by atoms with Crippen LogP contribution in [0.25, 0.3) is 0 Å². The lowest BCUT2D eigenvalue weighted by Gasteiger charge is -2.17. The lowest BCUT2D eigenvalue weighted by atomic mass is 10.0. The van der Waals surface area contributed by atoms with Crippen molar-refractivity contribution in [1.29, 1.82) is 0 Å². The first kappa shape index (κ1) is 12.3. The first-order valence-electron chi connectivity index (χ1n) is 5.85. The third kappa shape index (κ3) is 3.16. The van der Waals surface area contributed by atoms with E-state index in [0.29, 0.717) is 6.54 Å². The quantitative estimate of drug-likeness (QED) is 0.898. The fourth-order valence-electron chi connectivity index (χ4n) is 1.96. The Morgan fingerprint density at radius 2 is 2.35 bits per heavy atom. The molecule has 17 heavy (non-hydrogen) atoms. The van der Waals surface area contributed by atoms with Crippen LogP contribution in [0.4, 0.5) is 4.79 Å². The van der Waals surface area contributed by atoms with Crippen molar-refractivity contribution in [3.63, 3.8) is 0 Å². The van der Waals surface area contributed by atoms with Crippen LogP contribution in [-0.4, -0.2) is 35.4 Å². The SMILES string of the molecule is CN(CCc1ccc2c(c1)CCCS2)C(=O)O. The zero-order chi connectivity index (χ0) is 12.3. The van der Waals surface area contributed by atoms with Gasteiger partial charge >= 0.3 is 6.09 Å². The highest BCUT2D eigenvalue weighted by Crippen LogP contribution is 2.30. The molecule has 0 unspecified atom stereocenters. The highest BCUT2D eigenvalue weighted by molar-refractivity contribution is 7.99. The Labute approximate surface area is 106 Å². The molecule has 0 fully saturated rings. The second-order valence-corrected chi connectivity index (χ2v) is 5.48. The van der Waals surface area contributed by atoms with Crippen LogP contribution in [-0.2, 0) is 12.8 Å². The minimum Gasteiger partial charge on any atom is -0.465 e. The van der Waals surface area contributed by atoms with Crippen LogP contribution in [0.5, 0.6) is 0 Å². The highest BCUT2D eigenvalue weighted by atomic mass is 32.2. The van der Waals surface area contributed by atoms with Crippen molar-refractivity contribution in [2.45, 2.75) is 24.2 Å². The van der Waals surface area contributed by atoms with Crippen LogP contribution < -0.4 is 0 Å². The van der Waals surface area contributed by atoms with Gasteiger partial charge in [-0.2, -0.15) is 0 Å². The fourth-order valence-corrected chi connectivity index (χ4v) is 2.98. The molecule has 1 heterocycles. The van der Waals surface area contributed by atoms with Crippen molar-refractivity contribution in [1.82, 2.24) is 4.90 Å². The Kier molecular flexibility index (Phi) is 3.94. The standard InChI is InChI=1S/C13H17NO2S/c1-14(13(15)16)7-6-10-4-5-12-11(9-10)3-2-8-17-12/h4-5,9H,2-3,6-8H2,1H3,(H,15,16). The summed E-state index contributed by atoms with van der Waals surface area (Å²) in [5.41, 5.74) is 2.66. The third-order valence-electron chi connectivity index (χ3n) is 3.04. The highest BCUT2D eigenvalue weighted by Gasteiger charge is 2.11. The molecular formula is C13H17NO2S. The van der Waals surface area contributed by atoms with Crippen LogP contribution in [0, 0.1) is 0 Å². The molecule has 0 radical (unpaired) electrons. The van der Waals surface area contributed by atoms with E-state index in [0.717, 1.165) is 12.8 Å². The first-order chi connectivity index (χ1) is 8.16. The topological polar surface area (TPSA) is 40.5 Å². The van der Waals surface area contributed by atoms with Gasteiger partial charge in [0.25, 0.3) is 0 Å². The Morgan fingerprint density at radius 1 is 1.53 bits per heavy atom. The summed E-state index contributed by atoms with van der Waals surface area (Å²) in [5, 5.41) is 8.77. The number of hydrogen-bond acceptors (Lipinski definition) is 2. The molecule has 1 aliphatic rings. The minimum atomic E-state index is -0.862. The third-order valence-corrected chi connectivity index (χ3v) is 4.24. The molecule has 0 atom stereocenters. The Morgan fingerprint density at radius 3 is 3.12 bits per heavy atom. The van der Waals surface area contributed by atoms with E-state index >= 15 is 0 Å². The largest absolute Gasteiger partial charge is 0.465 e. The molecule has 1 aliphatic heterocycles. The molecule has 1 aromatic carbocycles. The van der Waals surface area contributed by atoms with Crippen molar-refractivity contribution < 1.29 is 9.90 Å². The zero-order valence-corrected chi connectivity index (χ0v) is 10.8. The van der Waals surface area contributed by atoms with Crippen molar-refractivity contribution in [3.05, 3.63) is 29.3 Å². The van der Waals surface area contributed by atoms with Gasteiger partial charge in [0, 0.05) is 18.5 Å². The normalized spacial score (nSPS) is 14.2. The van der Waals surface area contributed by atoms with E-state index in [1.165, 1.54) is 33.1 Å². The van der Waals surface area contributed by atoms with Crippen LogP contribution >= 0.6 is 11.8 Å². The van der Waals surface area contributed by atoms with Crippen molar-refractivity contribution in [3.8, 4) is 0 Å². The van der Waals surface area contributed by atoms with E-state index in [1.807, 2.05) is 11.8 Å². The maximum Gasteiger partial charge on any atom is 0.407 e. The van der Waals surface area contributed by atoms with Gasteiger partial charge in [0.15, 0.2) is 0 Å². The van der Waals surface area contributed by atoms with E-state index in [1.54, 1.807) is 7.05 Å². The van der Waals surface area contributed by atoms with E-state index < -0.39 is 6.09 Å². The number of fused-ring (bicyclic) bond motifs is 1. The summed E-state index contributed by atoms with van der Waals surface area (Å²) in [7, 11) is 1.61. The van der Waals surface area contributed by atoms with Gasteiger partial charge in [0.1, 0.15) is 0 Å². The summed E-state index contributed by atoms with van der Waals surface area (Å²) in [6.07, 6.45) is 2.33. The summed E-state index contributed by atoms with van der Waals surface area (Å²) >= 11 is 1.92. The number of hydrogen-bond donors (Lipinski definition) is 1. The summed E-state index contributed by atoms with van der Waals surface area (Å²) in [5.74, 6) is 1.22. The maximum absolute atomic E-state index is 10.7. The number of thioether (sulfide) groups is 1. The zero-order valence-electron chi connectivity index (χ0n) is 9.98. The molecule has 92 valence electrons. The molecule has 3 nitrogen and oxygen atoms in total. The molecule has 0 saturated carbocycles. The number of nitrogens with zero attached hydrogens (tertiary/aromatic N) is 1. The molecule has 0 aromatic heterocycles. The van der Waals surface area contributed by atoms with Crippen LogP contribution in [0.2, 0.25) is 0 Å². The van der Waals surface area contributed by atoms with Gasteiger partial charge in [-0.25, -0.2) is 4.79 Å². The lowest BCUT2D eigenvalue weighted by Crippen LogP contribution is -2.26. The molecular weight excluding hydrogens is 234 g/mol. The maximum atomic E-state index is 10.7. The molecule has 1 aromatic rings. The lowest BCUT2D eigenvalue weighted by molar-refractivity contribution is 0.156. The van der Waals surface area contributed by atoms with Gasteiger partial charge in [-0.3, -0.25) is 0 Å². The molecule has 1 amide bonds. The second kappa shape index (κ2) is 5.45. The molecule has 0 spiro atoms. The van der Waals surface area contributed by atoms with Gasteiger partial charge in [0.2, 0.25) is 0 Å². The van der Waals surface area contributed by atoms with Gasteiger partial charge in [-0.1, -0.05) is 12.1 Å². The smallest absolute Gasteiger partial charge is 0.407 e. The summed E-state index contributed by atoms with van der Waals surface area (Å²) in [6.45, 7) is 0.557. The van der Waals surface area contributed by atoms with Crippen LogP contribution in [0.1, 0.15) is 17.5 Å². The fraction of sp³-hybridized carbons (Fsp3) is 0.462. The second-order valence-electron chi connectivity index (χ2n) is 4.35. The predicted molar refractivity (Wildman–Crippen MR) is 69.8 cm³/mol. The van der Waals surface area contributed by atoms with Crippen LogP contribution in [0.15, 0.2) is 23.1 Å². The van der Waals surface area contributed by atoms with Crippen molar-refractivity contribution in [2.24, 2.45) is 0 Å². The Bertz CT molecular complexity index is 420. The van der Waals surface area contributed by atoms with E-state index in [9.17, 15) is 4.79 Å². The number of benzene rings is 1. The Hall–Kier alpha value is -1.16. The molecule has 0 saturated heterocycles. The minimum absolute atomic E-state index is 0.557. The van der Waals surface area contributed by atoms with E-state index in [4.69, 9.17) is 5.11 Å². The van der Waals surface area contributed by atoms with Gasteiger partial charge < -0.3 is 10.0 Å². The number of aryl methyl sites for hydroxylation is 1. The number of rotatable bonds is 3. The Balaban J connectivity index is 2.00. The summed E-state index contributed by atoms with van der Waals surface area (Å²) < 4.78 is 0. The average molecular weight is 251 g/mol. The first-order valence-corrected chi connectivity index (χ1v) is 6.84. The molecule has 0 aliphatic carbocycles. The van der Waals surface area contributed by atoms with Gasteiger partial charge in [-0.15, -0.1) is 11.8 Å². The van der Waals surface area contributed by atoms with Gasteiger partial charge in [0.05, 0.1) is 0 Å². The monoisotopic (exact) mass is 251 g/mol. The number of likely N-dealkylation sites (N-methyl/N-ethyl adjacent to an activating group) is 1. The predicted octanol–water partition coefficient (Wildman–Crippen LogP) is 2.88. The molecule has 2 rings (SSSR count). The van der Waals surface area contributed by atoms with E-state index in [2.05, 4.69) is 18.2 Å². The summed E-state index contributed by atoms with van der Waals surface area (Å²) in [6, 6.07) is 6.53. The van der Waals surface area contributed by atoms with Gasteiger partial charge in [-0.05, 0) is 42.2 Å².